The molecule has 1 aliphatic carbocycles. The van der Waals surface area contributed by atoms with Crippen molar-refractivity contribution in [1.82, 2.24) is 14.9 Å². The van der Waals surface area contributed by atoms with Crippen molar-refractivity contribution in [2.24, 2.45) is 10.4 Å². The maximum absolute atomic E-state index is 6.61. The number of hydrogen-bond acceptors (Lipinski definition) is 8. The highest BCUT2D eigenvalue weighted by molar-refractivity contribution is 8.00. The first-order valence-corrected chi connectivity index (χ1v) is 14.6. The van der Waals surface area contributed by atoms with Gasteiger partial charge in [-0.3, -0.25) is 4.90 Å². The molecule has 2 aromatic carbocycles. The lowest BCUT2D eigenvalue weighted by Crippen LogP contribution is -2.63. The predicted molar refractivity (Wildman–Crippen MR) is 154 cm³/mol. The van der Waals surface area contributed by atoms with Gasteiger partial charge in [-0.15, -0.1) is 0 Å². The van der Waals surface area contributed by atoms with Crippen LogP contribution >= 0.6 is 23.4 Å². The third-order valence-corrected chi connectivity index (χ3v) is 9.26. The van der Waals surface area contributed by atoms with Gasteiger partial charge in [0.25, 0.3) is 0 Å². The van der Waals surface area contributed by atoms with Crippen LogP contribution in [0.3, 0.4) is 0 Å². The van der Waals surface area contributed by atoms with Crippen LogP contribution in [-0.4, -0.2) is 64.4 Å². The van der Waals surface area contributed by atoms with Crippen molar-refractivity contribution in [3.63, 3.8) is 0 Å². The second-order valence-corrected chi connectivity index (χ2v) is 12.2. The van der Waals surface area contributed by atoms with E-state index in [2.05, 4.69) is 51.0 Å². The lowest BCUT2D eigenvalue weighted by Gasteiger charge is -2.55. The molecule has 0 atom stereocenters. The van der Waals surface area contributed by atoms with E-state index in [1.165, 1.54) is 30.9 Å². The van der Waals surface area contributed by atoms with Crippen molar-refractivity contribution in [1.29, 1.82) is 0 Å². The van der Waals surface area contributed by atoms with E-state index in [9.17, 15) is 0 Å². The van der Waals surface area contributed by atoms with E-state index < -0.39 is 0 Å². The van der Waals surface area contributed by atoms with Crippen molar-refractivity contribution in [3.8, 4) is 11.6 Å². The Kier molecular flexibility index (Phi) is 7.20. The Morgan fingerprint density at radius 3 is 2.66 bits per heavy atom. The van der Waals surface area contributed by atoms with Crippen LogP contribution in [0.2, 0.25) is 5.02 Å². The molecule has 0 radical (unpaired) electrons. The standard InChI is InChI=1S/C29H32ClN5O2S/c1-28(9-10-28)37-27-25(26(33-20-34-27)32-14-21-5-3-2-4-6-21)31-15-22-7-8-23(13-24(22)30)36-12-11-35-16-29(17-35)18-38-19-29/h2-8,13,15,20H,9-12,14,16-19H2,1H3,(H,32,33,34)/b31-15+. The molecule has 2 aliphatic heterocycles. The zero-order valence-electron chi connectivity index (χ0n) is 21.5. The van der Waals surface area contributed by atoms with E-state index in [1.807, 2.05) is 36.4 Å². The molecule has 7 nitrogen and oxygen atoms in total. The van der Waals surface area contributed by atoms with Crippen LogP contribution in [-0.2, 0) is 6.54 Å². The lowest BCUT2D eigenvalue weighted by molar-refractivity contribution is 0.0203. The monoisotopic (exact) mass is 549 g/mol. The summed E-state index contributed by atoms with van der Waals surface area (Å²) in [5.74, 6) is 4.48. The quantitative estimate of drug-likeness (QED) is 0.301. The van der Waals surface area contributed by atoms with Crippen molar-refractivity contribution >= 4 is 41.1 Å². The summed E-state index contributed by atoms with van der Waals surface area (Å²) in [5, 5.41) is 3.96. The topological polar surface area (TPSA) is 71.9 Å². The van der Waals surface area contributed by atoms with Gasteiger partial charge < -0.3 is 14.8 Å². The number of aliphatic imine (C=N–C) groups is 1. The molecule has 0 bridgehead atoms. The molecular weight excluding hydrogens is 518 g/mol. The van der Waals surface area contributed by atoms with Crippen molar-refractivity contribution in [3.05, 3.63) is 71.0 Å². The van der Waals surface area contributed by atoms with Gasteiger partial charge in [-0.2, -0.15) is 16.7 Å². The largest absolute Gasteiger partial charge is 0.492 e. The molecular formula is C29H32ClN5O2S. The average Bonchev–Trinajstić information content (AvgIpc) is 3.60. The molecule has 0 amide bonds. The highest BCUT2D eigenvalue weighted by Crippen LogP contribution is 2.45. The molecule has 3 fully saturated rings. The number of nitrogens with one attached hydrogen (secondary N) is 1. The lowest BCUT2D eigenvalue weighted by atomic mass is 9.83. The Labute approximate surface area is 233 Å². The van der Waals surface area contributed by atoms with Gasteiger partial charge >= 0.3 is 0 Å². The van der Waals surface area contributed by atoms with Gasteiger partial charge in [0.05, 0.1) is 5.02 Å². The number of aromatic nitrogens is 2. The van der Waals surface area contributed by atoms with E-state index in [0.717, 1.165) is 36.3 Å². The Hall–Kier alpha value is -2.81. The highest BCUT2D eigenvalue weighted by Gasteiger charge is 2.47. The smallest absolute Gasteiger partial charge is 0.245 e. The van der Waals surface area contributed by atoms with Gasteiger partial charge in [0.1, 0.15) is 24.3 Å². The molecule has 0 unspecified atom stereocenters. The molecule has 3 aliphatic rings. The van der Waals surface area contributed by atoms with Gasteiger partial charge in [-0.25, -0.2) is 9.98 Å². The van der Waals surface area contributed by atoms with Gasteiger partial charge in [0.2, 0.25) is 5.88 Å². The van der Waals surface area contributed by atoms with Crippen LogP contribution in [0.5, 0.6) is 11.6 Å². The molecule has 2 saturated heterocycles. The summed E-state index contributed by atoms with van der Waals surface area (Å²) in [4.78, 5) is 16.1. The van der Waals surface area contributed by atoms with Crippen LogP contribution in [0.1, 0.15) is 30.9 Å². The maximum atomic E-state index is 6.61. The third kappa shape index (κ3) is 5.92. The Balaban J connectivity index is 1.12. The molecule has 1 spiro atoms. The van der Waals surface area contributed by atoms with Crippen LogP contribution in [0, 0.1) is 5.41 Å². The first-order valence-electron chi connectivity index (χ1n) is 13.1. The Morgan fingerprint density at radius 2 is 1.95 bits per heavy atom. The summed E-state index contributed by atoms with van der Waals surface area (Å²) < 4.78 is 12.2. The number of ether oxygens (including phenoxy) is 2. The van der Waals surface area contributed by atoms with Crippen molar-refractivity contribution in [2.45, 2.75) is 31.9 Å². The fraction of sp³-hybridized carbons (Fsp3) is 0.414. The second-order valence-electron chi connectivity index (χ2n) is 10.8. The summed E-state index contributed by atoms with van der Waals surface area (Å²) in [6, 6.07) is 15.9. The predicted octanol–water partition coefficient (Wildman–Crippen LogP) is 5.85. The summed E-state index contributed by atoms with van der Waals surface area (Å²) >= 11 is 8.67. The zero-order chi connectivity index (χ0) is 26.0. The number of hydrogen-bond donors (Lipinski definition) is 1. The molecule has 3 aromatic rings. The molecule has 6 rings (SSSR count). The SMILES string of the molecule is CC1(Oc2ncnc(NCc3ccccc3)c2/N=C/c2ccc(OCCN3CC4(CSC4)C3)cc2Cl)CC1. The highest BCUT2D eigenvalue weighted by atomic mass is 35.5. The second kappa shape index (κ2) is 10.8. The maximum Gasteiger partial charge on any atom is 0.245 e. The van der Waals surface area contributed by atoms with Crippen LogP contribution in [0.25, 0.3) is 0 Å². The molecule has 1 N–H and O–H groups in total. The minimum absolute atomic E-state index is 0.195. The average molecular weight is 550 g/mol. The number of halogens is 1. The third-order valence-electron chi connectivity index (χ3n) is 7.30. The number of rotatable bonds is 11. The fourth-order valence-electron chi connectivity index (χ4n) is 4.74. The molecule has 3 heterocycles. The molecule has 1 saturated carbocycles. The van der Waals surface area contributed by atoms with Crippen LogP contribution < -0.4 is 14.8 Å². The zero-order valence-corrected chi connectivity index (χ0v) is 23.1. The van der Waals surface area contributed by atoms with Gasteiger partial charge in [0.15, 0.2) is 11.5 Å². The number of thioether (sulfide) groups is 1. The molecule has 198 valence electrons. The van der Waals surface area contributed by atoms with Gasteiger partial charge in [-0.1, -0.05) is 41.9 Å². The Bertz CT molecular complexity index is 1310. The fourth-order valence-corrected chi connectivity index (χ4v) is 6.10. The normalized spacial score (nSPS) is 19.1. The molecule has 1 aromatic heterocycles. The number of benzene rings is 2. The molecule has 38 heavy (non-hydrogen) atoms. The van der Waals surface area contributed by atoms with Gasteiger partial charge in [0, 0.05) is 54.9 Å². The molecule has 9 heteroatoms. The van der Waals surface area contributed by atoms with E-state index in [1.54, 1.807) is 6.21 Å². The van der Waals surface area contributed by atoms with Crippen LogP contribution in [0.4, 0.5) is 11.5 Å². The summed E-state index contributed by atoms with van der Waals surface area (Å²) in [6.45, 7) is 6.71. The Morgan fingerprint density at radius 1 is 1.13 bits per heavy atom. The van der Waals surface area contributed by atoms with E-state index in [0.29, 0.717) is 41.0 Å². The first kappa shape index (κ1) is 25.5. The van der Waals surface area contributed by atoms with Gasteiger partial charge in [-0.05, 0) is 43.5 Å². The minimum atomic E-state index is -0.195. The van der Waals surface area contributed by atoms with Crippen molar-refractivity contribution in [2.75, 3.05) is 43.1 Å². The summed E-state index contributed by atoms with van der Waals surface area (Å²) in [5.41, 5.74) is 2.90. The number of anilines is 1. The van der Waals surface area contributed by atoms with Crippen molar-refractivity contribution < 1.29 is 9.47 Å². The van der Waals surface area contributed by atoms with E-state index >= 15 is 0 Å². The summed E-state index contributed by atoms with van der Waals surface area (Å²) in [7, 11) is 0. The van der Waals surface area contributed by atoms with E-state index in [4.69, 9.17) is 26.1 Å². The van der Waals surface area contributed by atoms with Crippen LogP contribution in [0.15, 0.2) is 59.9 Å². The van der Waals surface area contributed by atoms with E-state index in [-0.39, 0.29) is 5.60 Å². The first-order chi connectivity index (χ1) is 18.5. The number of likely N-dealkylation sites (tertiary alicyclic amines) is 1. The summed E-state index contributed by atoms with van der Waals surface area (Å²) in [6.07, 6.45) is 5.24. The number of nitrogens with zero attached hydrogens (tertiary/aromatic N) is 4. The minimum Gasteiger partial charge on any atom is -0.492 e.